The summed E-state index contributed by atoms with van der Waals surface area (Å²) in [5.74, 6) is 1.18. The monoisotopic (exact) mass is 409 g/mol. The van der Waals surface area contributed by atoms with Crippen LogP contribution in [0.1, 0.15) is 18.1 Å². The van der Waals surface area contributed by atoms with Gasteiger partial charge in [-0.3, -0.25) is 9.69 Å². The van der Waals surface area contributed by atoms with Crippen LogP contribution in [0.25, 0.3) is 6.08 Å². The molecule has 2 aromatic rings. The van der Waals surface area contributed by atoms with Crippen molar-refractivity contribution in [2.24, 2.45) is 0 Å². The van der Waals surface area contributed by atoms with E-state index in [0.29, 0.717) is 18.1 Å². The van der Waals surface area contributed by atoms with E-state index in [1.807, 2.05) is 43.3 Å². The molecule has 1 aliphatic rings. The number of ether oxygens (including phenoxy) is 2. The molecule has 3 rings (SSSR count). The number of hydrogen-bond donors (Lipinski definition) is 1. The van der Waals surface area contributed by atoms with Crippen LogP contribution >= 0.6 is 0 Å². The third kappa shape index (κ3) is 6.34. The van der Waals surface area contributed by atoms with Crippen LogP contribution in [0.3, 0.4) is 0 Å². The van der Waals surface area contributed by atoms with Crippen molar-refractivity contribution < 1.29 is 14.3 Å². The highest BCUT2D eigenvalue weighted by Gasteiger charge is 2.14. The molecule has 0 radical (unpaired) electrons. The molecule has 0 bridgehead atoms. The Morgan fingerprint density at radius 3 is 2.63 bits per heavy atom. The first-order valence-corrected chi connectivity index (χ1v) is 10.4. The van der Waals surface area contributed by atoms with Gasteiger partial charge in [-0.15, -0.1) is 0 Å². The minimum absolute atomic E-state index is 0.166. The number of rotatable bonds is 8. The summed E-state index contributed by atoms with van der Waals surface area (Å²) < 4.78 is 10.9. The SMILES string of the molecule is CCOc1cc(/C=C/C(=O)Nc2cccc(CN3CCN(C)CC3)c2)ccc1OC. The van der Waals surface area contributed by atoms with Gasteiger partial charge in [0.15, 0.2) is 11.5 Å². The average Bonchev–Trinajstić information content (AvgIpc) is 2.75. The molecule has 2 aromatic carbocycles. The molecular weight excluding hydrogens is 378 g/mol. The van der Waals surface area contributed by atoms with Crippen LogP contribution in [0.2, 0.25) is 0 Å². The molecule has 6 heteroatoms. The van der Waals surface area contributed by atoms with Gasteiger partial charge < -0.3 is 19.7 Å². The van der Waals surface area contributed by atoms with Crippen LogP contribution in [0.5, 0.6) is 11.5 Å². The highest BCUT2D eigenvalue weighted by atomic mass is 16.5. The van der Waals surface area contributed by atoms with Crippen LogP contribution < -0.4 is 14.8 Å². The molecule has 30 heavy (non-hydrogen) atoms. The lowest BCUT2D eigenvalue weighted by molar-refractivity contribution is -0.111. The summed E-state index contributed by atoms with van der Waals surface area (Å²) in [6, 6.07) is 13.7. The Morgan fingerprint density at radius 1 is 1.10 bits per heavy atom. The van der Waals surface area contributed by atoms with Gasteiger partial charge in [-0.2, -0.15) is 0 Å². The van der Waals surface area contributed by atoms with Crippen molar-refractivity contribution >= 4 is 17.7 Å². The molecule has 0 unspecified atom stereocenters. The number of carbonyl (C=O) groups is 1. The maximum atomic E-state index is 12.4. The standard InChI is InChI=1S/C24H31N3O3/c1-4-30-23-17-19(8-10-22(23)29-3)9-11-24(28)25-21-7-5-6-20(16-21)18-27-14-12-26(2)13-15-27/h5-11,16-17H,4,12-15,18H2,1-3H3,(H,25,28)/b11-9+. The summed E-state index contributed by atoms with van der Waals surface area (Å²) in [5.41, 5.74) is 2.89. The van der Waals surface area contributed by atoms with Crippen LogP contribution in [0.4, 0.5) is 5.69 Å². The molecule has 1 aliphatic heterocycles. The first-order valence-electron chi connectivity index (χ1n) is 10.4. The van der Waals surface area contributed by atoms with E-state index < -0.39 is 0 Å². The summed E-state index contributed by atoms with van der Waals surface area (Å²) in [7, 11) is 3.77. The number of nitrogens with one attached hydrogen (secondary N) is 1. The number of benzene rings is 2. The number of carbonyl (C=O) groups excluding carboxylic acids is 1. The van der Waals surface area contributed by atoms with E-state index in [-0.39, 0.29) is 5.91 Å². The molecule has 6 nitrogen and oxygen atoms in total. The van der Waals surface area contributed by atoms with Gasteiger partial charge in [0.1, 0.15) is 0 Å². The normalized spacial score (nSPS) is 15.3. The lowest BCUT2D eigenvalue weighted by Crippen LogP contribution is -2.43. The first-order chi connectivity index (χ1) is 14.6. The zero-order valence-corrected chi connectivity index (χ0v) is 18.1. The molecule has 1 heterocycles. The van der Waals surface area contributed by atoms with E-state index in [2.05, 4.69) is 28.2 Å². The van der Waals surface area contributed by atoms with Crippen molar-refractivity contribution in [2.75, 3.05) is 52.3 Å². The quantitative estimate of drug-likeness (QED) is 0.677. The van der Waals surface area contributed by atoms with E-state index in [9.17, 15) is 4.79 Å². The van der Waals surface area contributed by atoms with E-state index >= 15 is 0 Å². The minimum atomic E-state index is -0.166. The van der Waals surface area contributed by atoms with Gasteiger partial charge in [-0.1, -0.05) is 18.2 Å². The Labute approximate surface area is 179 Å². The van der Waals surface area contributed by atoms with Gasteiger partial charge in [0.25, 0.3) is 0 Å². The predicted octanol–water partition coefficient (Wildman–Crippen LogP) is 3.49. The maximum absolute atomic E-state index is 12.4. The fourth-order valence-corrected chi connectivity index (χ4v) is 3.43. The fraction of sp³-hybridized carbons (Fsp3) is 0.375. The van der Waals surface area contributed by atoms with E-state index in [0.717, 1.165) is 44.0 Å². The Hall–Kier alpha value is -2.83. The number of anilines is 1. The molecular formula is C24H31N3O3. The van der Waals surface area contributed by atoms with Crippen molar-refractivity contribution in [1.29, 1.82) is 0 Å². The van der Waals surface area contributed by atoms with Crippen molar-refractivity contribution in [1.82, 2.24) is 9.80 Å². The summed E-state index contributed by atoms with van der Waals surface area (Å²) in [6.07, 6.45) is 3.30. The zero-order chi connectivity index (χ0) is 21.3. The van der Waals surface area contributed by atoms with Gasteiger partial charge in [0, 0.05) is 44.5 Å². The summed E-state index contributed by atoms with van der Waals surface area (Å²) in [4.78, 5) is 17.2. The number of amides is 1. The van der Waals surface area contributed by atoms with Crippen molar-refractivity contribution in [3.63, 3.8) is 0 Å². The van der Waals surface area contributed by atoms with Gasteiger partial charge in [-0.25, -0.2) is 0 Å². The van der Waals surface area contributed by atoms with Crippen LogP contribution in [0, 0.1) is 0 Å². The molecule has 0 spiro atoms. The van der Waals surface area contributed by atoms with Crippen LogP contribution in [-0.4, -0.2) is 62.7 Å². The Kier molecular flexibility index (Phi) is 7.88. The van der Waals surface area contributed by atoms with E-state index in [4.69, 9.17) is 9.47 Å². The molecule has 160 valence electrons. The van der Waals surface area contributed by atoms with Gasteiger partial charge in [0.2, 0.25) is 5.91 Å². The topological polar surface area (TPSA) is 54.0 Å². The molecule has 1 saturated heterocycles. The maximum Gasteiger partial charge on any atom is 0.248 e. The van der Waals surface area contributed by atoms with Crippen LogP contribution in [-0.2, 0) is 11.3 Å². The molecule has 0 atom stereocenters. The molecule has 0 saturated carbocycles. The second-order valence-electron chi connectivity index (χ2n) is 7.45. The van der Waals surface area contributed by atoms with E-state index in [1.165, 1.54) is 11.6 Å². The molecule has 1 N–H and O–H groups in total. The Bertz CT molecular complexity index is 874. The smallest absolute Gasteiger partial charge is 0.248 e. The number of piperazine rings is 1. The lowest BCUT2D eigenvalue weighted by Gasteiger charge is -2.32. The number of hydrogen-bond acceptors (Lipinski definition) is 5. The zero-order valence-electron chi connectivity index (χ0n) is 18.1. The summed E-state index contributed by atoms with van der Waals surface area (Å²) in [5, 5.41) is 2.95. The number of nitrogens with zero attached hydrogens (tertiary/aromatic N) is 2. The van der Waals surface area contributed by atoms with Gasteiger partial charge in [0.05, 0.1) is 13.7 Å². The predicted molar refractivity (Wildman–Crippen MR) is 121 cm³/mol. The third-order valence-corrected chi connectivity index (χ3v) is 5.11. The van der Waals surface area contributed by atoms with Crippen molar-refractivity contribution in [3.8, 4) is 11.5 Å². The summed E-state index contributed by atoms with van der Waals surface area (Å²) in [6.45, 7) is 7.71. The largest absolute Gasteiger partial charge is 0.493 e. The summed E-state index contributed by atoms with van der Waals surface area (Å²) >= 11 is 0. The third-order valence-electron chi connectivity index (χ3n) is 5.11. The lowest BCUT2D eigenvalue weighted by atomic mass is 10.1. The van der Waals surface area contributed by atoms with Crippen molar-refractivity contribution in [2.45, 2.75) is 13.5 Å². The van der Waals surface area contributed by atoms with Crippen LogP contribution in [0.15, 0.2) is 48.5 Å². The Balaban J connectivity index is 1.59. The molecule has 0 aromatic heterocycles. The second kappa shape index (κ2) is 10.8. The number of methoxy groups -OCH3 is 1. The number of likely N-dealkylation sites (N-methyl/N-ethyl adjacent to an activating group) is 1. The fourth-order valence-electron chi connectivity index (χ4n) is 3.43. The molecule has 1 amide bonds. The molecule has 1 fully saturated rings. The minimum Gasteiger partial charge on any atom is -0.493 e. The van der Waals surface area contributed by atoms with Gasteiger partial charge in [-0.05, 0) is 55.4 Å². The van der Waals surface area contributed by atoms with E-state index in [1.54, 1.807) is 13.2 Å². The second-order valence-corrected chi connectivity index (χ2v) is 7.45. The highest BCUT2D eigenvalue weighted by molar-refractivity contribution is 6.02. The highest BCUT2D eigenvalue weighted by Crippen LogP contribution is 2.28. The van der Waals surface area contributed by atoms with Gasteiger partial charge >= 0.3 is 0 Å². The van der Waals surface area contributed by atoms with Crippen molar-refractivity contribution in [3.05, 3.63) is 59.7 Å². The molecule has 0 aliphatic carbocycles. The first kappa shape index (κ1) is 21.9. The average molecular weight is 410 g/mol. The Morgan fingerprint density at radius 2 is 1.90 bits per heavy atom.